The highest BCUT2D eigenvalue weighted by Gasteiger charge is 2.11. The van der Waals surface area contributed by atoms with Gasteiger partial charge in [-0.15, -0.1) is 0 Å². The van der Waals surface area contributed by atoms with Crippen molar-refractivity contribution in [2.24, 2.45) is 0 Å². The summed E-state index contributed by atoms with van der Waals surface area (Å²) in [6, 6.07) is 1.56. The van der Waals surface area contributed by atoms with Crippen molar-refractivity contribution in [3.8, 4) is 6.07 Å². The maximum absolute atomic E-state index is 12.4. The van der Waals surface area contributed by atoms with Crippen LogP contribution in [0.5, 0.6) is 0 Å². The van der Waals surface area contributed by atoms with Crippen LogP contribution in [-0.2, 0) is 0 Å². The SMILES string of the molecule is N#Cc1c(F)cc(F)nc1F. The predicted molar refractivity (Wildman–Crippen MR) is 28.8 cm³/mol. The van der Waals surface area contributed by atoms with Crippen LogP contribution in [0.3, 0.4) is 0 Å². The lowest BCUT2D eigenvalue weighted by Gasteiger charge is -1.93. The number of nitriles is 1. The van der Waals surface area contributed by atoms with Gasteiger partial charge in [-0.1, -0.05) is 0 Å². The van der Waals surface area contributed by atoms with E-state index in [1.165, 1.54) is 6.07 Å². The summed E-state index contributed by atoms with van der Waals surface area (Å²) in [6.45, 7) is 0. The molecule has 2 nitrogen and oxygen atoms in total. The standard InChI is InChI=1S/C6HF3N2/c7-4-1-5(8)11-6(9)3(4)2-10/h1H. The normalized spacial score (nSPS) is 9.27. The van der Waals surface area contributed by atoms with E-state index in [1.807, 2.05) is 0 Å². The molecule has 0 amide bonds. The van der Waals surface area contributed by atoms with Crippen LogP contribution in [0.2, 0.25) is 0 Å². The fraction of sp³-hybridized carbons (Fsp3) is 0. The van der Waals surface area contributed by atoms with Crippen molar-refractivity contribution < 1.29 is 13.2 Å². The first-order chi connectivity index (χ1) is 5.15. The van der Waals surface area contributed by atoms with Crippen LogP contribution in [0.25, 0.3) is 0 Å². The summed E-state index contributed by atoms with van der Waals surface area (Å²) in [4.78, 5) is 2.61. The van der Waals surface area contributed by atoms with Crippen molar-refractivity contribution in [3.05, 3.63) is 29.3 Å². The van der Waals surface area contributed by atoms with Crippen molar-refractivity contribution in [2.75, 3.05) is 0 Å². The third-order valence-corrected chi connectivity index (χ3v) is 1.01. The van der Waals surface area contributed by atoms with Crippen LogP contribution in [0, 0.1) is 29.0 Å². The highest BCUT2D eigenvalue weighted by atomic mass is 19.1. The van der Waals surface area contributed by atoms with E-state index in [4.69, 9.17) is 5.26 Å². The van der Waals surface area contributed by atoms with Gasteiger partial charge in [0.15, 0.2) is 0 Å². The molecule has 56 valence electrons. The van der Waals surface area contributed by atoms with Crippen molar-refractivity contribution >= 4 is 0 Å². The van der Waals surface area contributed by atoms with Crippen LogP contribution in [0.4, 0.5) is 13.2 Å². The first kappa shape index (κ1) is 7.54. The minimum Gasteiger partial charge on any atom is -0.205 e. The number of halogens is 3. The molecule has 0 saturated carbocycles. The predicted octanol–water partition coefficient (Wildman–Crippen LogP) is 1.37. The van der Waals surface area contributed by atoms with Crippen LogP contribution < -0.4 is 0 Å². The summed E-state index contributed by atoms with van der Waals surface area (Å²) in [5, 5.41) is 8.10. The molecule has 1 aromatic rings. The molecule has 0 N–H and O–H groups in total. The van der Waals surface area contributed by atoms with E-state index in [9.17, 15) is 13.2 Å². The van der Waals surface area contributed by atoms with E-state index in [0.717, 1.165) is 0 Å². The molecule has 1 heterocycles. The van der Waals surface area contributed by atoms with Crippen LogP contribution in [0.15, 0.2) is 6.07 Å². The molecule has 0 atom stereocenters. The zero-order valence-electron chi connectivity index (χ0n) is 5.11. The molecule has 5 heteroatoms. The number of aromatic nitrogens is 1. The van der Waals surface area contributed by atoms with E-state index < -0.39 is 23.3 Å². The molecular formula is C6HF3N2. The Morgan fingerprint density at radius 1 is 1.36 bits per heavy atom. The van der Waals surface area contributed by atoms with E-state index >= 15 is 0 Å². The Hall–Kier alpha value is -1.57. The minimum absolute atomic E-state index is 0.349. The fourth-order valence-electron chi connectivity index (χ4n) is 0.557. The second kappa shape index (κ2) is 2.58. The van der Waals surface area contributed by atoms with Gasteiger partial charge in [0.2, 0.25) is 11.9 Å². The average Bonchev–Trinajstić information content (AvgIpc) is 1.85. The van der Waals surface area contributed by atoms with Crippen LogP contribution >= 0.6 is 0 Å². The topological polar surface area (TPSA) is 36.7 Å². The number of hydrogen-bond acceptors (Lipinski definition) is 2. The first-order valence-electron chi connectivity index (χ1n) is 2.57. The molecule has 1 aromatic heterocycles. The highest BCUT2D eigenvalue weighted by Crippen LogP contribution is 2.09. The average molecular weight is 158 g/mol. The van der Waals surface area contributed by atoms with Gasteiger partial charge in [0, 0.05) is 6.07 Å². The molecule has 0 radical (unpaired) electrons. The lowest BCUT2D eigenvalue weighted by atomic mass is 10.3. The Morgan fingerprint density at radius 2 is 2.00 bits per heavy atom. The molecule has 11 heavy (non-hydrogen) atoms. The molecule has 0 aliphatic rings. The lowest BCUT2D eigenvalue weighted by molar-refractivity contribution is 0.483. The second-order valence-electron chi connectivity index (χ2n) is 1.70. The molecule has 0 aromatic carbocycles. The molecule has 0 unspecified atom stereocenters. The van der Waals surface area contributed by atoms with Gasteiger partial charge >= 0.3 is 0 Å². The molecule has 0 aliphatic heterocycles. The maximum Gasteiger partial charge on any atom is 0.236 e. The summed E-state index contributed by atoms with van der Waals surface area (Å²) in [7, 11) is 0. The first-order valence-corrected chi connectivity index (χ1v) is 2.57. The van der Waals surface area contributed by atoms with E-state index in [2.05, 4.69) is 4.98 Å². The molecule has 0 bridgehead atoms. The quantitative estimate of drug-likeness (QED) is 0.534. The van der Waals surface area contributed by atoms with Gasteiger partial charge in [-0.2, -0.15) is 19.0 Å². The largest absolute Gasteiger partial charge is 0.236 e. The monoisotopic (exact) mass is 158 g/mol. The highest BCUT2D eigenvalue weighted by molar-refractivity contribution is 5.27. The third kappa shape index (κ3) is 1.29. The summed E-state index contributed by atoms with van der Waals surface area (Å²) in [6.07, 6.45) is 0. The minimum atomic E-state index is -1.43. The molecule has 0 saturated heterocycles. The summed E-state index contributed by atoms with van der Waals surface area (Å²) >= 11 is 0. The van der Waals surface area contributed by atoms with Gasteiger partial charge < -0.3 is 0 Å². The van der Waals surface area contributed by atoms with Crippen LogP contribution in [-0.4, -0.2) is 4.98 Å². The van der Waals surface area contributed by atoms with E-state index in [-0.39, 0.29) is 0 Å². The van der Waals surface area contributed by atoms with Gasteiger partial charge in [0.1, 0.15) is 17.4 Å². The third-order valence-electron chi connectivity index (χ3n) is 1.01. The number of nitrogens with zero attached hydrogens (tertiary/aromatic N) is 2. The second-order valence-corrected chi connectivity index (χ2v) is 1.70. The van der Waals surface area contributed by atoms with Gasteiger partial charge in [0.05, 0.1) is 0 Å². The zero-order valence-corrected chi connectivity index (χ0v) is 5.11. The van der Waals surface area contributed by atoms with Crippen molar-refractivity contribution in [2.45, 2.75) is 0 Å². The van der Waals surface area contributed by atoms with Gasteiger partial charge in [0.25, 0.3) is 0 Å². The van der Waals surface area contributed by atoms with Crippen molar-refractivity contribution in [3.63, 3.8) is 0 Å². The Morgan fingerprint density at radius 3 is 2.45 bits per heavy atom. The Labute approximate surface area is 59.9 Å². The smallest absolute Gasteiger partial charge is 0.205 e. The Kier molecular flexibility index (Phi) is 1.77. The Bertz CT molecular complexity index is 306. The molecule has 0 aliphatic carbocycles. The van der Waals surface area contributed by atoms with Crippen LogP contribution in [0.1, 0.15) is 5.56 Å². The van der Waals surface area contributed by atoms with Crippen molar-refractivity contribution in [1.82, 2.24) is 4.98 Å². The number of rotatable bonds is 0. The number of pyridine rings is 1. The summed E-state index contributed by atoms with van der Waals surface area (Å²) in [5.41, 5.74) is -0.869. The van der Waals surface area contributed by atoms with E-state index in [1.54, 1.807) is 0 Å². The molecule has 0 fully saturated rings. The lowest BCUT2D eigenvalue weighted by Crippen LogP contribution is -1.96. The van der Waals surface area contributed by atoms with E-state index in [0.29, 0.717) is 6.07 Å². The Balaban J connectivity index is 3.40. The zero-order chi connectivity index (χ0) is 8.43. The summed E-state index contributed by atoms with van der Waals surface area (Å²) in [5.74, 6) is -3.94. The summed E-state index contributed by atoms with van der Waals surface area (Å²) < 4.78 is 36.7. The van der Waals surface area contributed by atoms with Gasteiger partial charge in [-0.25, -0.2) is 4.39 Å². The fourth-order valence-corrected chi connectivity index (χ4v) is 0.557. The number of hydrogen-bond donors (Lipinski definition) is 0. The van der Waals surface area contributed by atoms with Gasteiger partial charge in [-0.05, 0) is 0 Å². The molecule has 0 spiro atoms. The van der Waals surface area contributed by atoms with Gasteiger partial charge in [-0.3, -0.25) is 0 Å². The molecule has 1 rings (SSSR count). The van der Waals surface area contributed by atoms with Crippen molar-refractivity contribution in [1.29, 1.82) is 5.26 Å². The maximum atomic E-state index is 12.4. The molecular weight excluding hydrogens is 157 g/mol.